The molecule has 0 spiro atoms. The molecule has 0 aromatic heterocycles. The lowest BCUT2D eigenvalue weighted by Gasteiger charge is -2.36. The molecule has 0 aliphatic carbocycles. The molecule has 8 heteroatoms. The highest BCUT2D eigenvalue weighted by atomic mass is 16.6. The molecule has 1 aromatic carbocycles. The van der Waals surface area contributed by atoms with Crippen molar-refractivity contribution in [2.75, 3.05) is 13.2 Å². The van der Waals surface area contributed by atoms with Gasteiger partial charge in [0.1, 0.15) is 18.0 Å². The average Bonchev–Trinajstić information content (AvgIpc) is 2.58. The number of nitro groups is 1. The van der Waals surface area contributed by atoms with Crippen LogP contribution >= 0.6 is 0 Å². The lowest BCUT2D eigenvalue weighted by molar-refractivity contribution is -0.383. The van der Waals surface area contributed by atoms with Crippen LogP contribution in [0.5, 0.6) is 5.75 Å². The van der Waals surface area contributed by atoms with Crippen molar-refractivity contribution in [1.82, 2.24) is 4.90 Å². The van der Waals surface area contributed by atoms with Gasteiger partial charge in [-0.1, -0.05) is 6.07 Å². The maximum Gasteiger partial charge on any atom is 0.410 e. The molecule has 0 radical (unpaired) electrons. The number of para-hydroxylation sites is 1. The monoisotopic (exact) mass is 361 g/mol. The first-order chi connectivity index (χ1) is 12.2. The molecule has 1 amide bonds. The Balaban J connectivity index is 2.12. The van der Waals surface area contributed by atoms with Crippen molar-refractivity contribution in [3.05, 3.63) is 39.7 Å². The van der Waals surface area contributed by atoms with Gasteiger partial charge in [0.2, 0.25) is 0 Å². The van der Waals surface area contributed by atoms with Crippen LogP contribution in [0.2, 0.25) is 0 Å². The molecule has 1 aliphatic heterocycles. The minimum absolute atomic E-state index is 0.128. The quantitative estimate of drug-likeness (QED) is 0.453. The summed E-state index contributed by atoms with van der Waals surface area (Å²) in [6.45, 7) is 13.4. The van der Waals surface area contributed by atoms with E-state index in [0.717, 1.165) is 19.3 Å². The van der Waals surface area contributed by atoms with Gasteiger partial charge in [0, 0.05) is 12.6 Å². The van der Waals surface area contributed by atoms with E-state index in [1.165, 1.54) is 18.2 Å². The summed E-state index contributed by atoms with van der Waals surface area (Å²) in [4.78, 5) is 27.7. The van der Waals surface area contributed by atoms with Crippen LogP contribution < -0.4 is 4.74 Å². The molecule has 2 rings (SSSR count). The molecule has 0 N–H and O–H groups in total. The summed E-state index contributed by atoms with van der Waals surface area (Å²) in [6.07, 6.45) is 2.20. The summed E-state index contributed by atoms with van der Waals surface area (Å²) >= 11 is 0. The predicted octanol–water partition coefficient (Wildman–Crippen LogP) is 4.31. The van der Waals surface area contributed by atoms with E-state index in [4.69, 9.17) is 16.0 Å². The third-order valence-electron chi connectivity index (χ3n) is 3.97. The Morgan fingerprint density at radius 3 is 2.77 bits per heavy atom. The van der Waals surface area contributed by atoms with Crippen molar-refractivity contribution in [2.45, 2.75) is 51.7 Å². The summed E-state index contributed by atoms with van der Waals surface area (Å²) in [7, 11) is 0. The van der Waals surface area contributed by atoms with Crippen molar-refractivity contribution in [1.29, 1.82) is 0 Å². The fraction of sp³-hybridized carbons (Fsp3) is 0.556. The Hall–Kier alpha value is -2.82. The number of hydrogen-bond donors (Lipinski definition) is 0. The molecule has 1 aromatic rings. The fourth-order valence-electron chi connectivity index (χ4n) is 2.81. The maximum atomic E-state index is 12.4. The zero-order chi connectivity index (χ0) is 19.3. The number of nitrogens with zero attached hydrogens (tertiary/aromatic N) is 3. The number of piperidine rings is 1. The molecule has 1 aliphatic rings. The van der Waals surface area contributed by atoms with E-state index >= 15 is 0 Å². The van der Waals surface area contributed by atoms with E-state index in [9.17, 15) is 14.9 Å². The predicted molar refractivity (Wildman–Crippen MR) is 95.4 cm³/mol. The summed E-state index contributed by atoms with van der Waals surface area (Å²) in [6, 6.07) is 4.08. The maximum absolute atomic E-state index is 12.4. The van der Waals surface area contributed by atoms with Crippen LogP contribution in [-0.2, 0) is 4.74 Å². The van der Waals surface area contributed by atoms with Crippen LogP contribution in [0.25, 0.3) is 4.85 Å². The van der Waals surface area contributed by atoms with Crippen molar-refractivity contribution < 1.29 is 19.2 Å². The van der Waals surface area contributed by atoms with E-state index in [1.807, 2.05) is 20.8 Å². The van der Waals surface area contributed by atoms with E-state index in [1.54, 1.807) is 4.90 Å². The lowest BCUT2D eigenvalue weighted by Crippen LogP contribution is -2.48. The number of rotatable bonds is 4. The topological polar surface area (TPSA) is 86.3 Å². The Kier molecular flexibility index (Phi) is 6.03. The first kappa shape index (κ1) is 19.5. The second kappa shape index (κ2) is 8.04. The van der Waals surface area contributed by atoms with Crippen molar-refractivity contribution in [2.24, 2.45) is 0 Å². The Morgan fingerprint density at radius 1 is 1.42 bits per heavy atom. The molecule has 8 nitrogen and oxygen atoms in total. The van der Waals surface area contributed by atoms with Crippen molar-refractivity contribution in [3.8, 4) is 5.75 Å². The summed E-state index contributed by atoms with van der Waals surface area (Å²) in [5.41, 5.74) is -1.00. The molecule has 1 unspecified atom stereocenters. The van der Waals surface area contributed by atoms with E-state index in [-0.39, 0.29) is 29.8 Å². The average molecular weight is 361 g/mol. The number of nitro benzene ring substituents is 1. The number of benzene rings is 1. The van der Waals surface area contributed by atoms with E-state index < -0.39 is 16.6 Å². The first-order valence-electron chi connectivity index (χ1n) is 8.50. The molecule has 1 atom stereocenters. The van der Waals surface area contributed by atoms with Gasteiger partial charge < -0.3 is 14.4 Å². The molecule has 1 fully saturated rings. The van der Waals surface area contributed by atoms with E-state index in [2.05, 4.69) is 4.85 Å². The van der Waals surface area contributed by atoms with Crippen molar-refractivity contribution >= 4 is 17.5 Å². The summed E-state index contributed by atoms with van der Waals surface area (Å²) < 4.78 is 11.1. The number of likely N-dealkylation sites (tertiary alicyclic amines) is 1. The number of hydrogen-bond acceptors (Lipinski definition) is 5. The molecule has 1 saturated heterocycles. The number of carbonyl (C=O) groups excluding carboxylic acids is 1. The molecular formula is C18H23N3O5. The summed E-state index contributed by atoms with van der Waals surface area (Å²) in [5, 5.41) is 11.1. The third-order valence-corrected chi connectivity index (χ3v) is 3.97. The van der Waals surface area contributed by atoms with Gasteiger partial charge in [-0.15, -0.1) is 0 Å². The van der Waals surface area contributed by atoms with Crippen molar-refractivity contribution in [3.63, 3.8) is 0 Å². The largest absolute Gasteiger partial charge is 0.502 e. The lowest BCUT2D eigenvalue weighted by atomic mass is 10.0. The highest BCUT2D eigenvalue weighted by Gasteiger charge is 2.31. The number of amides is 1. The van der Waals surface area contributed by atoms with Gasteiger partial charge in [-0.2, -0.15) is 0 Å². The minimum Gasteiger partial charge on any atom is -0.502 e. The number of ether oxygens (including phenoxy) is 2. The molecule has 26 heavy (non-hydrogen) atoms. The van der Waals surface area contributed by atoms with E-state index in [0.29, 0.717) is 6.54 Å². The van der Waals surface area contributed by atoms with Gasteiger partial charge in [0.05, 0.1) is 17.5 Å². The summed E-state index contributed by atoms with van der Waals surface area (Å²) in [5.74, 6) is 0.156. The van der Waals surface area contributed by atoms with Gasteiger partial charge >= 0.3 is 11.8 Å². The first-order valence-corrected chi connectivity index (χ1v) is 8.50. The number of carbonyl (C=O) groups is 1. The highest BCUT2D eigenvalue weighted by molar-refractivity contribution is 5.71. The van der Waals surface area contributed by atoms with Crippen LogP contribution in [0.3, 0.4) is 0 Å². The second-order valence-corrected chi connectivity index (χ2v) is 7.13. The second-order valence-electron chi connectivity index (χ2n) is 7.13. The Labute approximate surface area is 152 Å². The zero-order valence-corrected chi connectivity index (χ0v) is 15.2. The molecule has 140 valence electrons. The normalized spacial score (nSPS) is 17.3. The van der Waals surface area contributed by atoms with Crippen LogP contribution in [-0.4, -0.2) is 40.7 Å². The van der Waals surface area contributed by atoms with Gasteiger partial charge in [0.25, 0.3) is 5.69 Å². The van der Waals surface area contributed by atoms with Crippen LogP contribution in [0.15, 0.2) is 18.2 Å². The standard InChI is InChI=1S/C18H23N3O5/c1-18(2,3)26-17(22)20-11-6-5-8-13(20)12-25-15-10-7-9-14(21(23)24)16(15)19-4/h7,9-10,13H,5-6,8,11-12H2,1-3H3. The Bertz CT molecular complexity index is 721. The molecular weight excluding hydrogens is 338 g/mol. The molecule has 1 heterocycles. The smallest absolute Gasteiger partial charge is 0.410 e. The van der Waals surface area contributed by atoms with Crippen LogP contribution in [0, 0.1) is 16.7 Å². The SMILES string of the molecule is [C-]#[N+]c1c(OCC2CCCCN2C(=O)OC(C)(C)C)cccc1[N+](=O)[O-]. The molecule has 0 bridgehead atoms. The Morgan fingerprint density at radius 2 is 2.15 bits per heavy atom. The van der Waals surface area contributed by atoms with Gasteiger partial charge in [-0.25, -0.2) is 9.64 Å². The fourth-order valence-corrected chi connectivity index (χ4v) is 2.81. The minimum atomic E-state index is -0.603. The van der Waals surface area contributed by atoms with Gasteiger partial charge in [-0.3, -0.25) is 10.1 Å². The van der Waals surface area contributed by atoms with Crippen LogP contribution in [0.4, 0.5) is 16.2 Å². The molecule has 0 saturated carbocycles. The van der Waals surface area contributed by atoms with Gasteiger partial charge in [-0.05, 0) is 46.1 Å². The third kappa shape index (κ3) is 4.85. The van der Waals surface area contributed by atoms with Crippen LogP contribution in [0.1, 0.15) is 40.0 Å². The van der Waals surface area contributed by atoms with Gasteiger partial charge in [0.15, 0.2) is 0 Å². The highest BCUT2D eigenvalue weighted by Crippen LogP contribution is 2.37. The zero-order valence-electron chi connectivity index (χ0n) is 15.2.